The molecule has 2 rings (SSSR count). The maximum Gasteiger partial charge on any atom is 0.150 e. The van der Waals surface area contributed by atoms with Gasteiger partial charge in [0, 0.05) is 13.1 Å². The van der Waals surface area contributed by atoms with Crippen LogP contribution in [0, 0.1) is 5.92 Å². The van der Waals surface area contributed by atoms with Gasteiger partial charge in [0.05, 0.1) is 16.9 Å². The molecule has 0 saturated carbocycles. The first kappa shape index (κ1) is 11.4. The van der Waals surface area contributed by atoms with Crippen LogP contribution in [0.15, 0.2) is 11.6 Å². The van der Waals surface area contributed by atoms with E-state index < -0.39 is 9.84 Å². The predicted molar refractivity (Wildman–Crippen MR) is 62.0 cm³/mol. The van der Waals surface area contributed by atoms with Crippen LogP contribution in [-0.2, 0) is 9.84 Å². The van der Waals surface area contributed by atoms with E-state index in [1.54, 1.807) is 0 Å². The van der Waals surface area contributed by atoms with Gasteiger partial charge in [-0.2, -0.15) is 0 Å². The molecule has 1 saturated heterocycles. The summed E-state index contributed by atoms with van der Waals surface area (Å²) in [6.45, 7) is 1.68. The topological polar surface area (TPSA) is 46.2 Å². The fourth-order valence-corrected chi connectivity index (χ4v) is 4.01. The lowest BCUT2D eigenvalue weighted by Crippen LogP contribution is -2.34. The first-order chi connectivity index (χ1) is 7.07. The molecular formula is C10H16ClNO2S. The molecule has 1 fully saturated rings. The highest BCUT2D eigenvalue weighted by Gasteiger charge is 2.27. The van der Waals surface area contributed by atoms with Crippen molar-refractivity contribution in [1.82, 2.24) is 5.32 Å². The SMILES string of the molecule is O=S1(=O)CCC(C2=CC(Cl)CNC2)CC1. The average Bonchev–Trinajstić information content (AvgIpc) is 2.17. The van der Waals surface area contributed by atoms with Crippen molar-refractivity contribution in [2.75, 3.05) is 24.6 Å². The standard InChI is InChI=1S/C10H16ClNO2S/c11-10-5-9(6-12-7-10)8-1-3-15(13,14)4-2-8/h5,8,10,12H,1-4,6-7H2. The monoisotopic (exact) mass is 249 g/mol. The number of rotatable bonds is 1. The summed E-state index contributed by atoms with van der Waals surface area (Å²) < 4.78 is 22.6. The number of hydrogen-bond acceptors (Lipinski definition) is 3. The maximum atomic E-state index is 11.3. The zero-order valence-corrected chi connectivity index (χ0v) is 10.1. The van der Waals surface area contributed by atoms with Gasteiger partial charge in [0.15, 0.2) is 0 Å². The highest BCUT2D eigenvalue weighted by molar-refractivity contribution is 7.91. The van der Waals surface area contributed by atoms with Crippen LogP contribution in [0.4, 0.5) is 0 Å². The number of hydrogen-bond donors (Lipinski definition) is 1. The van der Waals surface area contributed by atoms with E-state index in [0.29, 0.717) is 17.4 Å². The third kappa shape index (κ3) is 2.95. The maximum absolute atomic E-state index is 11.3. The average molecular weight is 250 g/mol. The summed E-state index contributed by atoms with van der Waals surface area (Å²) in [5, 5.41) is 3.32. The molecule has 1 unspecified atom stereocenters. The van der Waals surface area contributed by atoms with E-state index in [-0.39, 0.29) is 5.38 Å². The van der Waals surface area contributed by atoms with Gasteiger partial charge in [-0.15, -0.1) is 11.6 Å². The number of nitrogens with one attached hydrogen (secondary N) is 1. The zero-order valence-electron chi connectivity index (χ0n) is 8.58. The first-order valence-corrected chi connectivity index (χ1v) is 7.58. The lowest BCUT2D eigenvalue weighted by Gasteiger charge is -2.28. The van der Waals surface area contributed by atoms with E-state index in [1.807, 2.05) is 0 Å². The highest BCUT2D eigenvalue weighted by Crippen LogP contribution is 2.27. The van der Waals surface area contributed by atoms with Gasteiger partial charge in [-0.05, 0) is 18.8 Å². The summed E-state index contributed by atoms with van der Waals surface area (Å²) in [4.78, 5) is 0. The Morgan fingerprint density at radius 3 is 2.60 bits per heavy atom. The van der Waals surface area contributed by atoms with Crippen LogP contribution in [-0.4, -0.2) is 38.4 Å². The molecule has 0 aromatic heterocycles. The van der Waals surface area contributed by atoms with E-state index in [9.17, 15) is 8.42 Å². The van der Waals surface area contributed by atoms with Crippen LogP contribution in [0.25, 0.3) is 0 Å². The van der Waals surface area contributed by atoms with Crippen LogP contribution >= 0.6 is 11.6 Å². The van der Waals surface area contributed by atoms with Crippen molar-refractivity contribution >= 4 is 21.4 Å². The summed E-state index contributed by atoms with van der Waals surface area (Å²) in [7, 11) is -2.75. The van der Waals surface area contributed by atoms with E-state index in [4.69, 9.17) is 11.6 Å². The third-order valence-electron chi connectivity index (χ3n) is 3.14. The van der Waals surface area contributed by atoms with Gasteiger partial charge >= 0.3 is 0 Å². The van der Waals surface area contributed by atoms with Crippen LogP contribution in [0.5, 0.6) is 0 Å². The van der Waals surface area contributed by atoms with Gasteiger partial charge in [-0.25, -0.2) is 8.42 Å². The minimum absolute atomic E-state index is 0.0623. The third-order valence-corrected chi connectivity index (χ3v) is 5.14. The molecule has 0 bridgehead atoms. The Morgan fingerprint density at radius 2 is 2.00 bits per heavy atom. The molecule has 2 aliphatic rings. The second-order valence-corrected chi connectivity index (χ2v) is 7.18. The molecule has 0 spiro atoms. The summed E-state index contributed by atoms with van der Waals surface area (Å²) in [6.07, 6.45) is 3.62. The van der Waals surface area contributed by atoms with Crippen LogP contribution in [0.1, 0.15) is 12.8 Å². The second kappa shape index (κ2) is 4.44. The van der Waals surface area contributed by atoms with Crippen molar-refractivity contribution < 1.29 is 8.42 Å². The Hall–Kier alpha value is -0.0600. The first-order valence-electron chi connectivity index (χ1n) is 5.32. The molecule has 86 valence electrons. The smallest absolute Gasteiger partial charge is 0.150 e. The molecule has 0 aromatic rings. The largest absolute Gasteiger partial charge is 0.311 e. The summed E-state index contributed by atoms with van der Waals surface area (Å²) in [5.41, 5.74) is 1.30. The molecule has 0 amide bonds. The summed E-state index contributed by atoms with van der Waals surface area (Å²) in [5.74, 6) is 1.09. The summed E-state index contributed by atoms with van der Waals surface area (Å²) in [6, 6.07) is 0. The molecule has 2 heterocycles. The van der Waals surface area contributed by atoms with Crippen molar-refractivity contribution in [2.24, 2.45) is 5.92 Å². The molecule has 3 nitrogen and oxygen atoms in total. The van der Waals surface area contributed by atoms with Crippen molar-refractivity contribution in [2.45, 2.75) is 18.2 Å². The molecule has 0 aromatic carbocycles. The minimum Gasteiger partial charge on any atom is -0.311 e. The van der Waals surface area contributed by atoms with Gasteiger partial charge in [-0.3, -0.25) is 0 Å². The van der Waals surface area contributed by atoms with Gasteiger partial charge in [0.2, 0.25) is 0 Å². The van der Waals surface area contributed by atoms with Gasteiger partial charge in [0.1, 0.15) is 9.84 Å². The predicted octanol–water partition coefficient (Wildman–Crippen LogP) is 0.948. The van der Waals surface area contributed by atoms with E-state index >= 15 is 0 Å². The van der Waals surface area contributed by atoms with Crippen LogP contribution < -0.4 is 5.32 Å². The van der Waals surface area contributed by atoms with Gasteiger partial charge in [0.25, 0.3) is 0 Å². The number of alkyl halides is 1. The highest BCUT2D eigenvalue weighted by atomic mass is 35.5. The Balaban J connectivity index is 2.01. The molecule has 0 aliphatic carbocycles. The molecule has 0 radical (unpaired) electrons. The van der Waals surface area contributed by atoms with Crippen LogP contribution in [0.2, 0.25) is 0 Å². The van der Waals surface area contributed by atoms with E-state index in [0.717, 1.165) is 25.9 Å². The van der Waals surface area contributed by atoms with Crippen molar-refractivity contribution in [3.63, 3.8) is 0 Å². The molecule has 2 aliphatic heterocycles. The molecule has 15 heavy (non-hydrogen) atoms. The van der Waals surface area contributed by atoms with Crippen molar-refractivity contribution in [3.8, 4) is 0 Å². The Kier molecular flexibility index (Phi) is 3.38. The Bertz CT molecular complexity index is 350. The van der Waals surface area contributed by atoms with Crippen molar-refractivity contribution in [3.05, 3.63) is 11.6 Å². The quantitative estimate of drug-likeness (QED) is 0.556. The lowest BCUT2D eigenvalue weighted by atomic mass is 9.91. The zero-order chi connectivity index (χ0) is 10.9. The second-order valence-electron chi connectivity index (χ2n) is 4.31. The fraction of sp³-hybridized carbons (Fsp3) is 0.800. The molecule has 5 heteroatoms. The normalized spacial score (nSPS) is 32.3. The molecule has 1 atom stereocenters. The minimum atomic E-state index is -2.75. The van der Waals surface area contributed by atoms with Gasteiger partial charge in [-0.1, -0.05) is 11.6 Å². The van der Waals surface area contributed by atoms with Crippen molar-refractivity contribution in [1.29, 1.82) is 0 Å². The van der Waals surface area contributed by atoms with E-state index in [2.05, 4.69) is 11.4 Å². The molecular weight excluding hydrogens is 234 g/mol. The van der Waals surface area contributed by atoms with E-state index in [1.165, 1.54) is 5.57 Å². The fourth-order valence-electron chi connectivity index (χ4n) is 2.25. The number of halogens is 1. The Morgan fingerprint density at radius 1 is 1.33 bits per heavy atom. The molecule has 1 N–H and O–H groups in total. The lowest BCUT2D eigenvalue weighted by molar-refractivity contribution is 0.496. The van der Waals surface area contributed by atoms with Gasteiger partial charge < -0.3 is 5.32 Å². The van der Waals surface area contributed by atoms with Crippen LogP contribution in [0.3, 0.4) is 0 Å². The summed E-state index contributed by atoms with van der Waals surface area (Å²) >= 11 is 6.03. The number of sulfone groups is 1. The Labute approximate surface area is 95.8 Å².